The predicted molar refractivity (Wildman–Crippen MR) is 89.3 cm³/mol. The van der Waals surface area contributed by atoms with E-state index in [4.69, 9.17) is 4.74 Å². The molecular formula is C16H20N4O4. The number of piperidine rings is 1. The topological polar surface area (TPSA) is 108 Å². The van der Waals surface area contributed by atoms with E-state index in [-0.39, 0.29) is 28.6 Å². The van der Waals surface area contributed by atoms with Crippen LogP contribution in [0.15, 0.2) is 23.1 Å². The van der Waals surface area contributed by atoms with Gasteiger partial charge >= 0.3 is 6.03 Å². The highest BCUT2D eigenvalue weighted by Crippen LogP contribution is 2.18. The number of carbonyl (C=O) groups is 1. The number of nitrogens with zero attached hydrogens (tertiary/aromatic N) is 2. The van der Waals surface area contributed by atoms with E-state index in [1.165, 1.54) is 13.3 Å². The van der Waals surface area contributed by atoms with Crippen molar-refractivity contribution in [1.82, 2.24) is 14.9 Å². The zero-order valence-electron chi connectivity index (χ0n) is 13.6. The van der Waals surface area contributed by atoms with Gasteiger partial charge in [0.25, 0.3) is 0 Å². The summed E-state index contributed by atoms with van der Waals surface area (Å²) in [5, 5.41) is 12.4. The molecule has 0 saturated carbocycles. The number of methoxy groups -OCH3 is 1. The van der Waals surface area contributed by atoms with Gasteiger partial charge in [-0.2, -0.15) is 0 Å². The van der Waals surface area contributed by atoms with Crippen molar-refractivity contribution in [3.8, 4) is 5.88 Å². The number of nitrogens with one attached hydrogen (secondary N) is 2. The summed E-state index contributed by atoms with van der Waals surface area (Å²) in [7, 11) is 1.47. The number of aromatic nitrogens is 2. The third-order valence-electron chi connectivity index (χ3n) is 4.30. The molecule has 8 heteroatoms. The lowest BCUT2D eigenvalue weighted by Crippen LogP contribution is -2.47. The molecular weight excluding hydrogens is 312 g/mol. The Labute approximate surface area is 138 Å². The van der Waals surface area contributed by atoms with Gasteiger partial charge in [-0.25, -0.2) is 9.78 Å². The number of aliphatic hydroxyl groups is 1. The molecule has 0 spiro atoms. The summed E-state index contributed by atoms with van der Waals surface area (Å²) >= 11 is 0. The highest BCUT2D eigenvalue weighted by atomic mass is 16.5. The molecule has 24 heavy (non-hydrogen) atoms. The van der Waals surface area contributed by atoms with Crippen molar-refractivity contribution < 1.29 is 14.6 Å². The van der Waals surface area contributed by atoms with Gasteiger partial charge in [0.1, 0.15) is 11.2 Å². The van der Waals surface area contributed by atoms with E-state index in [9.17, 15) is 14.7 Å². The average molecular weight is 332 g/mol. The summed E-state index contributed by atoms with van der Waals surface area (Å²) in [6, 6.07) is 2.99. The highest BCUT2D eigenvalue weighted by Gasteiger charge is 2.27. The number of ether oxygens (including phenoxy) is 1. The van der Waals surface area contributed by atoms with Crippen LogP contribution in [-0.4, -0.2) is 52.3 Å². The van der Waals surface area contributed by atoms with Gasteiger partial charge in [-0.1, -0.05) is 6.92 Å². The number of hydrogen-bond donors (Lipinski definition) is 3. The average Bonchev–Trinajstić information content (AvgIpc) is 2.59. The van der Waals surface area contributed by atoms with Gasteiger partial charge in [0.2, 0.25) is 11.3 Å². The molecule has 1 aliphatic rings. The van der Waals surface area contributed by atoms with Gasteiger partial charge in [0.15, 0.2) is 0 Å². The van der Waals surface area contributed by atoms with Gasteiger partial charge in [0.05, 0.1) is 18.7 Å². The summed E-state index contributed by atoms with van der Waals surface area (Å²) in [5.41, 5.74) is 0.524. The molecule has 0 bridgehead atoms. The van der Waals surface area contributed by atoms with Crippen molar-refractivity contribution in [1.29, 1.82) is 0 Å². The lowest BCUT2D eigenvalue weighted by molar-refractivity contribution is 0.0506. The minimum Gasteiger partial charge on any atom is -0.481 e. The molecule has 0 aromatic carbocycles. The van der Waals surface area contributed by atoms with Crippen molar-refractivity contribution in [2.24, 2.45) is 5.92 Å². The Morgan fingerprint density at radius 3 is 3.00 bits per heavy atom. The third kappa shape index (κ3) is 3.05. The SMILES string of the molecule is COc1ccc2[nH]cc(NC(=O)N3CC[C@H](O)[C@@H](C)C3)c(=O)c2n1. The molecule has 0 aliphatic carbocycles. The number of urea groups is 1. The fraction of sp³-hybridized carbons (Fsp3) is 0.438. The number of likely N-dealkylation sites (tertiary alicyclic amines) is 1. The number of fused-ring (bicyclic) bond motifs is 1. The second-order valence-corrected chi connectivity index (χ2v) is 5.99. The number of anilines is 1. The van der Waals surface area contributed by atoms with Gasteiger partial charge in [-0.05, 0) is 18.4 Å². The van der Waals surface area contributed by atoms with Crippen molar-refractivity contribution >= 4 is 22.8 Å². The maximum atomic E-state index is 12.5. The van der Waals surface area contributed by atoms with Crippen molar-refractivity contribution in [2.45, 2.75) is 19.4 Å². The second-order valence-electron chi connectivity index (χ2n) is 5.99. The molecule has 3 rings (SSSR count). The number of amides is 2. The zero-order valence-corrected chi connectivity index (χ0v) is 13.6. The summed E-state index contributed by atoms with van der Waals surface area (Å²) in [6.07, 6.45) is 1.59. The Morgan fingerprint density at radius 1 is 1.50 bits per heavy atom. The molecule has 1 saturated heterocycles. The molecule has 2 atom stereocenters. The molecule has 2 aromatic rings. The lowest BCUT2D eigenvalue weighted by Gasteiger charge is -2.34. The van der Waals surface area contributed by atoms with E-state index in [2.05, 4.69) is 15.3 Å². The van der Waals surface area contributed by atoms with Crippen LogP contribution >= 0.6 is 0 Å². The minimum atomic E-state index is -0.394. The van der Waals surface area contributed by atoms with Crippen molar-refractivity contribution in [3.63, 3.8) is 0 Å². The van der Waals surface area contributed by atoms with Crippen LogP contribution in [0.5, 0.6) is 5.88 Å². The Bertz CT molecular complexity index is 819. The maximum Gasteiger partial charge on any atom is 0.322 e. The molecule has 0 unspecified atom stereocenters. The summed E-state index contributed by atoms with van der Waals surface area (Å²) in [6.45, 7) is 2.79. The molecule has 2 amide bonds. The Morgan fingerprint density at radius 2 is 2.29 bits per heavy atom. The van der Waals surface area contributed by atoms with E-state index >= 15 is 0 Å². The first-order valence-electron chi connectivity index (χ1n) is 7.80. The van der Waals surface area contributed by atoms with Crippen molar-refractivity contribution in [2.75, 3.05) is 25.5 Å². The van der Waals surface area contributed by atoms with Crippen LogP contribution in [0.1, 0.15) is 13.3 Å². The molecule has 1 aliphatic heterocycles. The van der Waals surface area contributed by atoms with Crippen LogP contribution in [0.4, 0.5) is 10.5 Å². The first-order valence-corrected chi connectivity index (χ1v) is 7.80. The number of H-pyrrole nitrogens is 1. The smallest absolute Gasteiger partial charge is 0.322 e. The lowest BCUT2D eigenvalue weighted by atomic mass is 9.97. The monoisotopic (exact) mass is 332 g/mol. The minimum absolute atomic E-state index is 0.00492. The number of pyridine rings is 2. The molecule has 0 radical (unpaired) electrons. The number of aromatic amines is 1. The van der Waals surface area contributed by atoms with E-state index < -0.39 is 6.10 Å². The molecule has 2 aromatic heterocycles. The number of rotatable bonds is 2. The van der Waals surface area contributed by atoms with Crippen molar-refractivity contribution in [3.05, 3.63) is 28.6 Å². The quantitative estimate of drug-likeness (QED) is 0.765. The van der Waals surface area contributed by atoms with E-state index in [1.807, 2.05) is 6.92 Å². The van der Waals surface area contributed by atoms with E-state index in [1.54, 1.807) is 17.0 Å². The van der Waals surface area contributed by atoms with Crippen LogP contribution in [-0.2, 0) is 0 Å². The number of carbonyl (C=O) groups excluding carboxylic acids is 1. The predicted octanol–water partition coefficient (Wildman–Crippen LogP) is 1.17. The Hall–Kier alpha value is -2.61. The van der Waals surface area contributed by atoms with E-state index in [0.29, 0.717) is 30.9 Å². The first-order chi connectivity index (χ1) is 11.5. The fourth-order valence-electron chi connectivity index (χ4n) is 2.79. The molecule has 1 fully saturated rings. The van der Waals surface area contributed by atoms with Crippen LogP contribution in [0.3, 0.4) is 0 Å². The third-order valence-corrected chi connectivity index (χ3v) is 4.30. The number of aliphatic hydroxyl groups excluding tert-OH is 1. The van der Waals surface area contributed by atoms with E-state index in [0.717, 1.165) is 0 Å². The molecule has 8 nitrogen and oxygen atoms in total. The van der Waals surface area contributed by atoms with Crippen LogP contribution in [0.25, 0.3) is 11.0 Å². The fourth-order valence-corrected chi connectivity index (χ4v) is 2.79. The standard InChI is InChI=1S/C16H20N4O4/c1-9-8-20(6-5-12(9)21)16(23)18-11-7-17-10-3-4-13(24-2)19-14(10)15(11)22/h3-4,7,9,12,21H,5-6,8H2,1-2H3,(H,17,22)(H,18,23)/t9-,12-/m0/s1. The summed E-state index contributed by atoms with van der Waals surface area (Å²) in [4.78, 5) is 33.6. The van der Waals surface area contributed by atoms with Gasteiger partial charge in [-0.3, -0.25) is 4.79 Å². The first kappa shape index (κ1) is 16.3. The van der Waals surface area contributed by atoms with Crippen LogP contribution in [0.2, 0.25) is 0 Å². The highest BCUT2D eigenvalue weighted by molar-refractivity contribution is 5.91. The second kappa shape index (κ2) is 6.48. The van der Waals surface area contributed by atoms with Gasteiger partial charge in [-0.15, -0.1) is 0 Å². The van der Waals surface area contributed by atoms with Crippen LogP contribution < -0.4 is 15.5 Å². The molecule has 3 heterocycles. The largest absolute Gasteiger partial charge is 0.481 e. The Balaban J connectivity index is 1.83. The molecule has 128 valence electrons. The maximum absolute atomic E-state index is 12.5. The summed E-state index contributed by atoms with van der Waals surface area (Å²) < 4.78 is 5.03. The zero-order chi connectivity index (χ0) is 17.3. The molecule has 3 N–H and O–H groups in total. The summed E-state index contributed by atoms with van der Waals surface area (Å²) in [5.74, 6) is 0.334. The normalized spacial score (nSPS) is 20.9. The number of hydrogen-bond acceptors (Lipinski definition) is 5. The Kier molecular flexibility index (Phi) is 4.39. The van der Waals surface area contributed by atoms with Gasteiger partial charge < -0.3 is 25.0 Å². The van der Waals surface area contributed by atoms with Crippen LogP contribution in [0, 0.1) is 5.92 Å². The van der Waals surface area contributed by atoms with Gasteiger partial charge in [0, 0.05) is 25.4 Å².